The van der Waals surface area contributed by atoms with E-state index in [9.17, 15) is 9.59 Å². The summed E-state index contributed by atoms with van der Waals surface area (Å²) in [7, 11) is 1.50. The van der Waals surface area contributed by atoms with E-state index in [0.717, 1.165) is 11.1 Å². The first kappa shape index (κ1) is 20.9. The van der Waals surface area contributed by atoms with Crippen LogP contribution < -0.4 is 15.2 Å². The van der Waals surface area contributed by atoms with Gasteiger partial charge in [0, 0.05) is 0 Å². The molecule has 2 amide bonds. The van der Waals surface area contributed by atoms with Crippen molar-refractivity contribution in [3.05, 3.63) is 64.6 Å². The van der Waals surface area contributed by atoms with Gasteiger partial charge >= 0.3 is 0 Å². The zero-order chi connectivity index (χ0) is 21.0. The van der Waals surface area contributed by atoms with Gasteiger partial charge in [0.05, 0.1) is 18.1 Å². The van der Waals surface area contributed by atoms with E-state index in [1.54, 1.807) is 29.2 Å². The third-order valence-electron chi connectivity index (χ3n) is 4.35. The second-order valence-electron chi connectivity index (χ2n) is 6.30. The van der Waals surface area contributed by atoms with Crippen LogP contribution in [-0.2, 0) is 9.59 Å². The molecule has 1 heterocycles. The van der Waals surface area contributed by atoms with Gasteiger partial charge in [-0.25, -0.2) is 0 Å². The number of ether oxygens (including phenoxy) is 2. The summed E-state index contributed by atoms with van der Waals surface area (Å²) >= 11 is 6.72. The molecule has 0 aliphatic carbocycles. The zero-order valence-electron chi connectivity index (χ0n) is 16.0. The number of hydrogen-bond acceptors (Lipinski definition) is 6. The van der Waals surface area contributed by atoms with Crippen molar-refractivity contribution in [3.8, 4) is 11.5 Å². The SMILES string of the molecule is COc1cc(/C=C2\SC(=S)N([C@H](C)c3ccccc3)C2=O)ccc1OCC(N)=O. The first-order chi connectivity index (χ1) is 13.9. The predicted molar refractivity (Wildman–Crippen MR) is 118 cm³/mol. The highest BCUT2D eigenvalue weighted by Gasteiger charge is 2.35. The van der Waals surface area contributed by atoms with E-state index in [1.807, 2.05) is 37.3 Å². The summed E-state index contributed by atoms with van der Waals surface area (Å²) in [6.45, 7) is 1.71. The lowest BCUT2D eigenvalue weighted by Gasteiger charge is -2.23. The van der Waals surface area contributed by atoms with Gasteiger partial charge in [-0.05, 0) is 36.3 Å². The normalized spacial score (nSPS) is 16.2. The number of hydrogen-bond donors (Lipinski definition) is 1. The summed E-state index contributed by atoms with van der Waals surface area (Å²) in [5.74, 6) is 0.124. The van der Waals surface area contributed by atoms with Crippen LogP contribution in [0.1, 0.15) is 24.1 Å². The second-order valence-corrected chi connectivity index (χ2v) is 7.98. The fourth-order valence-electron chi connectivity index (χ4n) is 2.89. The zero-order valence-corrected chi connectivity index (χ0v) is 17.6. The number of nitrogens with zero attached hydrogens (tertiary/aromatic N) is 1. The molecule has 0 unspecified atom stereocenters. The summed E-state index contributed by atoms with van der Waals surface area (Å²) in [5.41, 5.74) is 6.87. The van der Waals surface area contributed by atoms with Gasteiger partial charge in [0.1, 0.15) is 4.32 Å². The van der Waals surface area contributed by atoms with Gasteiger partial charge in [-0.2, -0.15) is 0 Å². The third kappa shape index (κ3) is 4.78. The minimum atomic E-state index is -0.577. The topological polar surface area (TPSA) is 81.9 Å². The summed E-state index contributed by atoms with van der Waals surface area (Å²) in [6.07, 6.45) is 1.76. The number of nitrogens with two attached hydrogens (primary N) is 1. The Hall–Kier alpha value is -2.84. The van der Waals surface area contributed by atoms with Crippen molar-refractivity contribution in [2.45, 2.75) is 13.0 Å². The van der Waals surface area contributed by atoms with E-state index in [2.05, 4.69) is 0 Å². The van der Waals surface area contributed by atoms with E-state index in [4.69, 9.17) is 27.4 Å². The molecule has 0 spiro atoms. The Morgan fingerprint density at radius 3 is 2.62 bits per heavy atom. The van der Waals surface area contributed by atoms with Crippen molar-refractivity contribution >= 4 is 46.2 Å². The molecule has 1 aliphatic heterocycles. The minimum absolute atomic E-state index is 0.135. The quantitative estimate of drug-likeness (QED) is 0.537. The number of thioether (sulfide) groups is 1. The van der Waals surface area contributed by atoms with Crippen LogP contribution in [0, 0.1) is 0 Å². The van der Waals surface area contributed by atoms with Gasteiger partial charge in [-0.3, -0.25) is 14.5 Å². The van der Waals surface area contributed by atoms with Gasteiger partial charge in [-0.1, -0.05) is 60.4 Å². The fraction of sp³-hybridized carbons (Fsp3) is 0.190. The van der Waals surface area contributed by atoms with E-state index in [1.165, 1.54) is 18.9 Å². The van der Waals surface area contributed by atoms with E-state index in [-0.39, 0.29) is 18.6 Å². The first-order valence-corrected chi connectivity index (χ1v) is 10.0. The molecule has 0 aromatic heterocycles. The summed E-state index contributed by atoms with van der Waals surface area (Å²) < 4.78 is 11.2. The third-order valence-corrected chi connectivity index (χ3v) is 5.68. The van der Waals surface area contributed by atoms with Gasteiger partial charge in [-0.15, -0.1) is 0 Å². The molecule has 0 bridgehead atoms. The lowest BCUT2D eigenvalue weighted by molar-refractivity contribution is -0.123. The average Bonchev–Trinajstić information content (AvgIpc) is 2.99. The largest absolute Gasteiger partial charge is 0.493 e. The van der Waals surface area contributed by atoms with E-state index in [0.29, 0.717) is 20.7 Å². The number of thiocarbonyl (C=S) groups is 1. The lowest BCUT2D eigenvalue weighted by Crippen LogP contribution is -2.30. The second kappa shape index (κ2) is 9.11. The fourth-order valence-corrected chi connectivity index (χ4v) is 4.31. The molecule has 2 aromatic carbocycles. The highest BCUT2D eigenvalue weighted by Crippen LogP contribution is 2.38. The molecular formula is C21H20N2O4S2. The van der Waals surface area contributed by atoms with Crippen LogP contribution in [0.25, 0.3) is 6.08 Å². The maximum absolute atomic E-state index is 13.0. The molecule has 0 saturated carbocycles. The number of benzene rings is 2. The van der Waals surface area contributed by atoms with Crippen LogP contribution in [-0.4, -0.2) is 34.8 Å². The number of rotatable bonds is 7. The summed E-state index contributed by atoms with van der Waals surface area (Å²) in [5, 5.41) is 0. The van der Waals surface area contributed by atoms with E-state index >= 15 is 0 Å². The minimum Gasteiger partial charge on any atom is -0.493 e. The standard InChI is InChI=1S/C21H20N2O4S2/c1-13(15-6-4-3-5-7-15)23-20(25)18(29-21(23)28)11-14-8-9-16(17(10-14)26-2)27-12-19(22)24/h3-11,13H,12H2,1-2H3,(H2,22,24)/b18-11-/t13-/m1/s1. The highest BCUT2D eigenvalue weighted by molar-refractivity contribution is 8.26. The lowest BCUT2D eigenvalue weighted by atomic mass is 10.1. The molecule has 150 valence electrons. The molecule has 1 atom stereocenters. The molecule has 6 nitrogen and oxygen atoms in total. The summed E-state index contributed by atoms with van der Waals surface area (Å²) in [4.78, 5) is 26.1. The van der Waals surface area contributed by atoms with Gasteiger partial charge in [0.2, 0.25) is 0 Å². The first-order valence-electron chi connectivity index (χ1n) is 8.82. The molecule has 8 heteroatoms. The monoisotopic (exact) mass is 428 g/mol. The molecule has 0 radical (unpaired) electrons. The highest BCUT2D eigenvalue weighted by atomic mass is 32.2. The average molecular weight is 429 g/mol. The van der Waals surface area contributed by atoms with Crippen LogP contribution in [0.3, 0.4) is 0 Å². The Kier molecular flexibility index (Phi) is 6.56. The molecule has 29 heavy (non-hydrogen) atoms. The maximum Gasteiger partial charge on any atom is 0.266 e. The van der Waals surface area contributed by atoms with E-state index < -0.39 is 5.91 Å². The molecule has 1 saturated heterocycles. The Bertz CT molecular complexity index is 976. The van der Waals surface area contributed by atoms with Crippen molar-refractivity contribution in [2.75, 3.05) is 13.7 Å². The molecular weight excluding hydrogens is 408 g/mol. The Morgan fingerprint density at radius 2 is 1.97 bits per heavy atom. The van der Waals surface area contributed by atoms with Crippen LogP contribution >= 0.6 is 24.0 Å². The Balaban J connectivity index is 1.83. The van der Waals surface area contributed by atoms with Crippen LogP contribution in [0.5, 0.6) is 11.5 Å². The van der Waals surface area contributed by atoms with Crippen molar-refractivity contribution in [1.29, 1.82) is 0 Å². The summed E-state index contributed by atoms with van der Waals surface area (Å²) in [6, 6.07) is 14.8. The van der Waals surface area contributed by atoms with Gasteiger partial charge in [0.25, 0.3) is 11.8 Å². The van der Waals surface area contributed by atoms with Crippen LogP contribution in [0.15, 0.2) is 53.4 Å². The van der Waals surface area contributed by atoms with Crippen molar-refractivity contribution in [2.24, 2.45) is 5.73 Å². The number of methoxy groups -OCH3 is 1. The number of amides is 2. The number of carbonyl (C=O) groups excluding carboxylic acids is 2. The number of primary amides is 1. The Morgan fingerprint density at radius 1 is 1.24 bits per heavy atom. The van der Waals surface area contributed by atoms with Gasteiger partial charge < -0.3 is 15.2 Å². The molecule has 1 fully saturated rings. The molecule has 3 rings (SSSR count). The van der Waals surface area contributed by atoms with Crippen molar-refractivity contribution in [1.82, 2.24) is 4.90 Å². The van der Waals surface area contributed by atoms with Crippen LogP contribution in [0.2, 0.25) is 0 Å². The Labute approximate surface area is 178 Å². The molecule has 2 N–H and O–H groups in total. The van der Waals surface area contributed by atoms with Crippen LogP contribution in [0.4, 0.5) is 0 Å². The predicted octanol–water partition coefficient (Wildman–Crippen LogP) is 3.52. The van der Waals surface area contributed by atoms with Crippen molar-refractivity contribution < 1.29 is 19.1 Å². The van der Waals surface area contributed by atoms with Gasteiger partial charge in [0.15, 0.2) is 18.1 Å². The smallest absolute Gasteiger partial charge is 0.266 e. The van der Waals surface area contributed by atoms with Crippen molar-refractivity contribution in [3.63, 3.8) is 0 Å². The number of carbonyl (C=O) groups is 2. The molecule has 2 aromatic rings. The molecule has 1 aliphatic rings. The maximum atomic E-state index is 13.0.